The van der Waals surface area contributed by atoms with E-state index in [1.807, 2.05) is 24.3 Å². The van der Waals surface area contributed by atoms with Gasteiger partial charge in [0.25, 0.3) is 5.91 Å². The molecule has 0 spiro atoms. The Morgan fingerprint density at radius 3 is 3.00 bits per heavy atom. The maximum absolute atomic E-state index is 11.9. The number of amides is 1. The lowest BCUT2D eigenvalue weighted by Gasteiger charge is -2.09. The lowest BCUT2D eigenvalue weighted by atomic mass is 10.1. The number of nitrogens with one attached hydrogen (secondary N) is 1. The molecular weight excluding hydrogens is 302 g/mol. The molecule has 1 amide bonds. The number of carbonyl (C=O) groups is 1. The molecule has 1 N–H and O–H groups in total. The van der Waals surface area contributed by atoms with E-state index < -0.39 is 0 Å². The van der Waals surface area contributed by atoms with Crippen LogP contribution in [0, 0.1) is 0 Å². The molecule has 0 saturated carbocycles. The van der Waals surface area contributed by atoms with Crippen molar-refractivity contribution in [1.82, 2.24) is 10.2 Å². The molecule has 0 aliphatic rings. The average Bonchev–Trinajstić information content (AvgIpc) is 2.94. The minimum Gasteiger partial charge on any atom is -0.483 e. The third-order valence-electron chi connectivity index (χ3n) is 2.68. The summed E-state index contributed by atoms with van der Waals surface area (Å²) in [5.41, 5.74) is 0.989. The molecule has 1 aromatic carbocycles. The van der Waals surface area contributed by atoms with Crippen molar-refractivity contribution in [2.75, 3.05) is 19.0 Å². The summed E-state index contributed by atoms with van der Waals surface area (Å²) in [5.74, 6) is 0.392. The number of anilines is 1. The van der Waals surface area contributed by atoms with Gasteiger partial charge in [0.1, 0.15) is 17.4 Å². The second kappa shape index (κ2) is 8.26. The van der Waals surface area contributed by atoms with E-state index in [-0.39, 0.29) is 12.5 Å². The first kappa shape index (κ1) is 16.1. The Bertz CT molecular complexity index is 642. The van der Waals surface area contributed by atoms with E-state index >= 15 is 0 Å². The first-order valence-electron chi connectivity index (χ1n) is 6.65. The van der Waals surface area contributed by atoms with Gasteiger partial charge in [-0.3, -0.25) is 10.1 Å². The third-order valence-corrected chi connectivity index (χ3v) is 3.49. The zero-order valence-electron chi connectivity index (χ0n) is 12.2. The quantitative estimate of drug-likeness (QED) is 0.757. The Morgan fingerprint density at radius 2 is 2.23 bits per heavy atom. The van der Waals surface area contributed by atoms with Gasteiger partial charge in [-0.25, -0.2) is 0 Å². The maximum Gasteiger partial charge on any atom is 0.264 e. The summed E-state index contributed by atoms with van der Waals surface area (Å²) in [4.78, 5) is 11.9. The van der Waals surface area contributed by atoms with Gasteiger partial charge in [0.05, 0.1) is 0 Å². The van der Waals surface area contributed by atoms with E-state index in [9.17, 15) is 4.79 Å². The lowest BCUT2D eigenvalue weighted by molar-refractivity contribution is -0.118. The van der Waals surface area contributed by atoms with Gasteiger partial charge in [0.2, 0.25) is 5.13 Å². The van der Waals surface area contributed by atoms with E-state index in [0.717, 1.165) is 5.56 Å². The fourth-order valence-electron chi connectivity index (χ4n) is 1.75. The van der Waals surface area contributed by atoms with Gasteiger partial charge in [0.15, 0.2) is 6.61 Å². The van der Waals surface area contributed by atoms with Crippen LogP contribution in [-0.2, 0) is 22.6 Å². The molecular formula is C15H17N3O3S. The van der Waals surface area contributed by atoms with Crippen molar-refractivity contribution < 1.29 is 14.3 Å². The zero-order valence-corrected chi connectivity index (χ0v) is 13.1. The number of hydrogen-bond acceptors (Lipinski definition) is 6. The Kier molecular flexibility index (Phi) is 6.05. The van der Waals surface area contributed by atoms with Crippen LogP contribution < -0.4 is 10.1 Å². The lowest BCUT2D eigenvalue weighted by Crippen LogP contribution is -2.20. The molecule has 0 aliphatic carbocycles. The molecule has 6 nitrogen and oxygen atoms in total. The van der Waals surface area contributed by atoms with Gasteiger partial charge in [-0.1, -0.05) is 35.6 Å². The highest BCUT2D eigenvalue weighted by molar-refractivity contribution is 7.15. The van der Waals surface area contributed by atoms with Crippen LogP contribution in [0.4, 0.5) is 5.13 Å². The van der Waals surface area contributed by atoms with Crippen LogP contribution in [0.25, 0.3) is 0 Å². The zero-order chi connectivity index (χ0) is 15.8. The minimum absolute atomic E-state index is 0.0899. The topological polar surface area (TPSA) is 73.3 Å². The van der Waals surface area contributed by atoms with Crippen LogP contribution in [0.2, 0.25) is 0 Å². The first-order chi connectivity index (χ1) is 10.7. The smallest absolute Gasteiger partial charge is 0.264 e. The summed E-state index contributed by atoms with van der Waals surface area (Å²) in [6, 6.07) is 7.55. The molecule has 0 fully saturated rings. The van der Waals surface area contributed by atoms with Gasteiger partial charge in [-0.15, -0.1) is 16.8 Å². The van der Waals surface area contributed by atoms with Crippen molar-refractivity contribution >= 4 is 22.4 Å². The van der Waals surface area contributed by atoms with Crippen molar-refractivity contribution in [2.24, 2.45) is 0 Å². The number of nitrogens with zero attached hydrogens (tertiary/aromatic N) is 2. The fraction of sp³-hybridized carbons (Fsp3) is 0.267. The predicted octanol–water partition coefficient (Wildman–Crippen LogP) is 2.43. The van der Waals surface area contributed by atoms with Crippen molar-refractivity contribution in [3.63, 3.8) is 0 Å². The maximum atomic E-state index is 11.9. The molecule has 22 heavy (non-hydrogen) atoms. The normalized spacial score (nSPS) is 10.2. The first-order valence-corrected chi connectivity index (χ1v) is 7.47. The molecule has 0 saturated heterocycles. The minimum atomic E-state index is -0.284. The standard InChI is InChI=1S/C15H17N3O3S/c1-3-6-11-7-4-5-8-12(11)21-9-13(19)16-15-18-17-14(22-15)10-20-2/h3-5,7-8H,1,6,9-10H2,2H3,(H,16,18,19). The molecule has 0 unspecified atom stereocenters. The van der Waals surface area contributed by atoms with E-state index in [4.69, 9.17) is 9.47 Å². The van der Waals surface area contributed by atoms with Gasteiger partial charge in [-0.05, 0) is 18.1 Å². The van der Waals surface area contributed by atoms with E-state index in [0.29, 0.717) is 28.9 Å². The van der Waals surface area contributed by atoms with Crippen LogP contribution in [-0.4, -0.2) is 29.8 Å². The molecule has 0 radical (unpaired) electrons. The third kappa shape index (κ3) is 4.64. The molecule has 116 valence electrons. The molecule has 2 aromatic rings. The number of para-hydroxylation sites is 1. The summed E-state index contributed by atoms with van der Waals surface area (Å²) in [6.07, 6.45) is 2.48. The van der Waals surface area contributed by atoms with Crippen LogP contribution in [0.3, 0.4) is 0 Å². The second-order valence-electron chi connectivity index (χ2n) is 4.37. The Morgan fingerprint density at radius 1 is 1.41 bits per heavy atom. The number of carbonyl (C=O) groups excluding carboxylic acids is 1. The van der Waals surface area contributed by atoms with E-state index in [2.05, 4.69) is 22.1 Å². The SMILES string of the molecule is C=CCc1ccccc1OCC(=O)Nc1nnc(COC)s1. The van der Waals surface area contributed by atoms with E-state index in [1.54, 1.807) is 13.2 Å². The van der Waals surface area contributed by atoms with Crippen molar-refractivity contribution in [1.29, 1.82) is 0 Å². The van der Waals surface area contributed by atoms with Crippen molar-refractivity contribution in [3.05, 3.63) is 47.5 Å². The van der Waals surface area contributed by atoms with Crippen LogP contribution in [0.1, 0.15) is 10.6 Å². The number of benzene rings is 1. The number of ether oxygens (including phenoxy) is 2. The van der Waals surface area contributed by atoms with Gasteiger partial charge < -0.3 is 9.47 Å². The molecule has 7 heteroatoms. The van der Waals surface area contributed by atoms with Crippen molar-refractivity contribution in [3.8, 4) is 5.75 Å². The Hall–Kier alpha value is -2.25. The Labute approximate surface area is 132 Å². The van der Waals surface area contributed by atoms with E-state index in [1.165, 1.54) is 11.3 Å². The number of aromatic nitrogens is 2. The average molecular weight is 319 g/mol. The van der Waals surface area contributed by atoms with Crippen LogP contribution in [0.15, 0.2) is 36.9 Å². The molecule has 0 aliphatic heterocycles. The van der Waals surface area contributed by atoms with Crippen LogP contribution in [0.5, 0.6) is 5.75 Å². The summed E-state index contributed by atoms with van der Waals surface area (Å²) in [7, 11) is 1.58. The molecule has 1 aromatic heterocycles. The highest BCUT2D eigenvalue weighted by Crippen LogP contribution is 2.19. The molecule has 0 atom stereocenters. The summed E-state index contributed by atoms with van der Waals surface area (Å²) < 4.78 is 10.5. The number of methoxy groups -OCH3 is 1. The number of allylic oxidation sites excluding steroid dienone is 1. The summed E-state index contributed by atoms with van der Waals surface area (Å²) in [5, 5.41) is 11.5. The van der Waals surface area contributed by atoms with Crippen LogP contribution >= 0.6 is 11.3 Å². The van der Waals surface area contributed by atoms with Gasteiger partial charge in [-0.2, -0.15) is 0 Å². The highest BCUT2D eigenvalue weighted by Gasteiger charge is 2.10. The number of rotatable bonds is 8. The summed E-state index contributed by atoms with van der Waals surface area (Å²) in [6.45, 7) is 3.99. The van der Waals surface area contributed by atoms with Gasteiger partial charge in [0, 0.05) is 7.11 Å². The fourth-order valence-corrected chi connectivity index (χ4v) is 2.48. The predicted molar refractivity (Wildman–Crippen MR) is 85.1 cm³/mol. The summed E-state index contributed by atoms with van der Waals surface area (Å²) >= 11 is 1.27. The monoisotopic (exact) mass is 319 g/mol. The molecule has 0 bridgehead atoms. The molecule has 1 heterocycles. The Balaban J connectivity index is 1.88. The molecule has 2 rings (SSSR count). The second-order valence-corrected chi connectivity index (χ2v) is 5.43. The number of hydrogen-bond donors (Lipinski definition) is 1. The highest BCUT2D eigenvalue weighted by atomic mass is 32.1. The van der Waals surface area contributed by atoms with Gasteiger partial charge >= 0.3 is 0 Å². The van der Waals surface area contributed by atoms with Crippen molar-refractivity contribution in [2.45, 2.75) is 13.0 Å². The largest absolute Gasteiger partial charge is 0.483 e.